The van der Waals surface area contributed by atoms with Gasteiger partial charge in [0.2, 0.25) is 12.7 Å². The van der Waals surface area contributed by atoms with E-state index < -0.39 is 36.3 Å². The van der Waals surface area contributed by atoms with E-state index in [-0.39, 0.29) is 62.0 Å². The number of nitrogens with zero attached hydrogens (tertiary/aromatic N) is 3. The number of esters is 1. The van der Waals surface area contributed by atoms with Gasteiger partial charge >= 0.3 is 12.1 Å². The lowest BCUT2D eigenvalue weighted by Gasteiger charge is -2.60. The van der Waals surface area contributed by atoms with Gasteiger partial charge in [0, 0.05) is 54.4 Å². The Hall–Kier alpha value is -4.84. The van der Waals surface area contributed by atoms with E-state index in [9.17, 15) is 28.0 Å². The molecule has 0 aliphatic carbocycles. The molecule has 0 spiro atoms. The van der Waals surface area contributed by atoms with Crippen LogP contribution in [0.4, 0.5) is 13.2 Å². The third-order valence-electron chi connectivity index (χ3n) is 11.1. The van der Waals surface area contributed by atoms with Gasteiger partial charge in [-0.1, -0.05) is 36.4 Å². The van der Waals surface area contributed by atoms with Gasteiger partial charge in [0.05, 0.1) is 18.2 Å². The first-order valence-electron chi connectivity index (χ1n) is 17.5. The summed E-state index contributed by atoms with van der Waals surface area (Å²) in [5.74, 6) is -1.77. The number of likely N-dealkylation sites (N-methyl/N-ethyl adjacent to an activating group) is 1. The summed E-state index contributed by atoms with van der Waals surface area (Å²) in [7, 11) is 3.48. The Labute approximate surface area is 305 Å². The molecule has 1 fully saturated rings. The number of benzene rings is 3. The molecular formula is C39H41F3N4O7. The van der Waals surface area contributed by atoms with Crippen LogP contribution in [-0.2, 0) is 33.6 Å². The minimum absolute atomic E-state index is 0.00318. The van der Waals surface area contributed by atoms with E-state index in [1.165, 1.54) is 14.0 Å². The summed E-state index contributed by atoms with van der Waals surface area (Å²) in [6, 6.07) is 11.5. The number of alkyl halides is 3. The zero-order valence-corrected chi connectivity index (χ0v) is 30.1. The van der Waals surface area contributed by atoms with Crippen molar-refractivity contribution >= 4 is 11.9 Å². The van der Waals surface area contributed by atoms with Gasteiger partial charge < -0.3 is 29.0 Å². The van der Waals surface area contributed by atoms with Crippen LogP contribution in [0, 0.1) is 32.1 Å². The number of hydrogen-bond acceptors (Lipinski definition) is 10. The quantitative estimate of drug-likeness (QED) is 0.176. The highest BCUT2D eigenvalue weighted by Gasteiger charge is 2.57. The van der Waals surface area contributed by atoms with Gasteiger partial charge in [-0.15, -0.1) is 0 Å². The summed E-state index contributed by atoms with van der Waals surface area (Å²) in [6.07, 6.45) is -3.97. The Kier molecular flexibility index (Phi) is 9.77. The van der Waals surface area contributed by atoms with E-state index in [1.807, 2.05) is 51.2 Å². The van der Waals surface area contributed by atoms with Crippen LogP contribution in [0.2, 0.25) is 0 Å². The molecule has 1 amide bonds. The molecule has 4 aliphatic rings. The molecule has 0 saturated carbocycles. The van der Waals surface area contributed by atoms with Crippen LogP contribution >= 0.6 is 0 Å². The second kappa shape index (κ2) is 14.2. The Morgan fingerprint density at radius 3 is 2.45 bits per heavy atom. The van der Waals surface area contributed by atoms with Gasteiger partial charge in [0.1, 0.15) is 17.5 Å². The first-order chi connectivity index (χ1) is 25.3. The SMILES string of the molecule is COCOc1c(C)c(C)cc2c1[C@H]1C3Cc4c(OC(=O)C(F)(F)F)c(C)c5c(c4[C@H](CNC(=O)CCc4ccccc4)N3[C@@H](C#N)[C@H](C2)N1C)OCO5. The number of halogens is 3. The number of amides is 1. The number of nitrogens with one attached hydrogen (secondary N) is 1. The lowest BCUT2D eigenvalue weighted by atomic mass is 9.71. The van der Waals surface area contributed by atoms with E-state index in [0.717, 1.165) is 27.8 Å². The van der Waals surface area contributed by atoms with Crippen LogP contribution in [0.3, 0.4) is 0 Å². The monoisotopic (exact) mass is 734 g/mol. The molecule has 53 heavy (non-hydrogen) atoms. The van der Waals surface area contributed by atoms with Crippen LogP contribution in [0.1, 0.15) is 63.0 Å². The molecule has 2 bridgehead atoms. The third kappa shape index (κ3) is 6.34. The predicted octanol–water partition coefficient (Wildman–Crippen LogP) is 5.31. The molecule has 11 nitrogen and oxygen atoms in total. The molecule has 1 unspecified atom stereocenters. The molecule has 0 radical (unpaired) electrons. The van der Waals surface area contributed by atoms with Crippen molar-refractivity contribution in [2.45, 2.75) is 82.8 Å². The van der Waals surface area contributed by atoms with Crippen molar-refractivity contribution in [2.24, 2.45) is 0 Å². The average molecular weight is 735 g/mol. The number of aryl methyl sites for hydroxylation is 2. The van der Waals surface area contributed by atoms with Crippen LogP contribution < -0.4 is 24.3 Å². The van der Waals surface area contributed by atoms with Crippen LogP contribution in [0.25, 0.3) is 0 Å². The van der Waals surface area contributed by atoms with Gasteiger partial charge in [-0.2, -0.15) is 18.4 Å². The average Bonchev–Trinajstić information content (AvgIpc) is 3.62. The van der Waals surface area contributed by atoms with Crippen molar-refractivity contribution in [3.8, 4) is 29.1 Å². The summed E-state index contributed by atoms with van der Waals surface area (Å²) in [6.45, 7) is 5.27. The molecule has 3 aromatic rings. The van der Waals surface area contributed by atoms with E-state index >= 15 is 0 Å². The number of carbonyl (C=O) groups is 2. The highest BCUT2D eigenvalue weighted by atomic mass is 19.4. The number of piperazine rings is 1. The smallest absolute Gasteiger partial charge is 0.467 e. The normalized spacial score (nSPS) is 23.0. The molecule has 7 rings (SSSR count). The van der Waals surface area contributed by atoms with Crippen molar-refractivity contribution in [2.75, 3.05) is 34.3 Å². The molecule has 5 atom stereocenters. The number of ether oxygens (including phenoxy) is 5. The van der Waals surface area contributed by atoms with Gasteiger partial charge in [-0.25, -0.2) is 4.79 Å². The van der Waals surface area contributed by atoms with Gasteiger partial charge in [-0.3, -0.25) is 14.6 Å². The number of methoxy groups -OCH3 is 1. The predicted molar refractivity (Wildman–Crippen MR) is 185 cm³/mol. The first kappa shape index (κ1) is 36.5. The number of hydrogen-bond donors (Lipinski definition) is 1. The lowest BCUT2D eigenvalue weighted by Crippen LogP contribution is -2.68. The molecule has 4 heterocycles. The third-order valence-corrected chi connectivity index (χ3v) is 11.1. The van der Waals surface area contributed by atoms with Crippen molar-refractivity contribution in [3.05, 3.63) is 80.9 Å². The molecule has 4 aliphatic heterocycles. The van der Waals surface area contributed by atoms with Gasteiger partial charge in [0.25, 0.3) is 0 Å². The molecule has 280 valence electrons. The maximum absolute atomic E-state index is 13.8. The molecule has 1 N–H and O–H groups in total. The molecule has 3 aromatic carbocycles. The highest BCUT2D eigenvalue weighted by Crippen LogP contribution is 2.58. The van der Waals surface area contributed by atoms with E-state index in [4.69, 9.17) is 23.7 Å². The second-order valence-corrected chi connectivity index (χ2v) is 14.0. The van der Waals surface area contributed by atoms with Crippen LogP contribution in [0.5, 0.6) is 23.0 Å². The van der Waals surface area contributed by atoms with Gasteiger partial charge in [-0.05, 0) is 69.3 Å². The first-order valence-corrected chi connectivity index (χ1v) is 17.5. The van der Waals surface area contributed by atoms with Crippen LogP contribution in [0.15, 0.2) is 36.4 Å². The zero-order chi connectivity index (χ0) is 37.8. The largest absolute Gasteiger partial charge is 0.491 e. The number of carbonyl (C=O) groups excluding carboxylic acids is 2. The van der Waals surface area contributed by atoms with Crippen LogP contribution in [-0.4, -0.2) is 80.3 Å². The van der Waals surface area contributed by atoms with E-state index in [2.05, 4.69) is 27.3 Å². The Bertz CT molecular complexity index is 1980. The summed E-state index contributed by atoms with van der Waals surface area (Å²) in [5, 5.41) is 14.0. The van der Waals surface area contributed by atoms with Gasteiger partial charge in [0.15, 0.2) is 18.3 Å². The number of fused-ring (bicyclic) bond motifs is 9. The van der Waals surface area contributed by atoms with Crippen molar-refractivity contribution in [3.63, 3.8) is 0 Å². The van der Waals surface area contributed by atoms with Crippen molar-refractivity contribution < 1.29 is 46.4 Å². The van der Waals surface area contributed by atoms with E-state index in [0.29, 0.717) is 35.5 Å². The maximum Gasteiger partial charge on any atom is 0.491 e. The topological polar surface area (TPSA) is 123 Å². The minimum Gasteiger partial charge on any atom is -0.467 e. The minimum atomic E-state index is -5.27. The van der Waals surface area contributed by atoms with E-state index in [1.54, 1.807) is 0 Å². The Morgan fingerprint density at radius 2 is 1.75 bits per heavy atom. The van der Waals surface area contributed by atoms with Crippen molar-refractivity contribution in [1.29, 1.82) is 5.26 Å². The zero-order valence-electron chi connectivity index (χ0n) is 30.1. The summed E-state index contributed by atoms with van der Waals surface area (Å²) in [4.78, 5) is 30.1. The summed E-state index contributed by atoms with van der Waals surface area (Å²) in [5.41, 5.74) is 5.76. The molecule has 1 saturated heterocycles. The fourth-order valence-electron chi connectivity index (χ4n) is 8.67. The summed E-state index contributed by atoms with van der Waals surface area (Å²) < 4.78 is 69.9. The lowest BCUT2D eigenvalue weighted by molar-refractivity contribution is -0.189. The molecule has 14 heteroatoms. The molecule has 0 aromatic heterocycles. The standard InChI is InChI=1S/C39H41F3N4O7/c1-20-13-24-14-26-28(16-43)46-27(33(45(26)4)31(24)35(21(20)2)50-18-49-5)15-25-32(29(46)17-44-30(47)12-11-23-9-7-6-8-10-23)37-36(51-19-52-37)22(3)34(25)53-38(48)39(40,41)42/h6-10,13,26-29,33H,11-12,14-15,17-19H2,1-5H3,(H,44,47)/t26-,27?,28-,29-,33+/m0/s1. The molecular weight excluding hydrogens is 693 g/mol. The summed E-state index contributed by atoms with van der Waals surface area (Å²) >= 11 is 0. The fraction of sp³-hybridized carbons (Fsp3) is 0.462. The number of nitriles is 1. The van der Waals surface area contributed by atoms with Crippen molar-refractivity contribution in [1.82, 2.24) is 15.1 Å². The second-order valence-electron chi connectivity index (χ2n) is 14.0. The maximum atomic E-state index is 13.8. The number of rotatable bonds is 9. The Balaban J connectivity index is 1.39. The Morgan fingerprint density at radius 1 is 1.02 bits per heavy atom. The highest BCUT2D eigenvalue weighted by molar-refractivity contribution is 5.80. The fourth-order valence-corrected chi connectivity index (χ4v) is 8.67.